The SMILES string of the molecule is CC1C(C(C)(C)CCCC(C)(C)OC(=O)N2CCC(c3nc(C4=CC(SC(F)(F)F)CC(C(C)(C)C)=C4)c(Cl)s3)CC2)=CC(c2nc(C3CCN(C(=O)Cn4c(=O)[nH]c5ccccc54)CC3)sc2Cl)=CC1SC(F)(F)F. The number of thioether (sulfide) groups is 2. The molecule has 414 valence electrons. The quantitative estimate of drug-likeness (QED) is 0.124. The molecule has 3 aromatic heterocycles. The van der Waals surface area contributed by atoms with E-state index >= 15 is 0 Å². The third kappa shape index (κ3) is 14.2. The lowest BCUT2D eigenvalue weighted by molar-refractivity contribution is -0.132. The fourth-order valence-electron chi connectivity index (χ4n) is 10.8. The first-order valence-electron chi connectivity index (χ1n) is 25.6. The maximum Gasteiger partial charge on any atom is 0.442 e. The van der Waals surface area contributed by atoms with E-state index in [4.69, 9.17) is 37.9 Å². The maximum atomic E-state index is 14.2. The number of fused-ring (bicyclic) bond motifs is 1. The van der Waals surface area contributed by atoms with Crippen molar-refractivity contribution in [2.45, 2.75) is 152 Å². The summed E-state index contributed by atoms with van der Waals surface area (Å²) in [6.45, 7) is 17.2. The van der Waals surface area contributed by atoms with Crippen LogP contribution in [0.25, 0.3) is 22.2 Å². The number of likely N-dealkylation sites (tertiary alicyclic amines) is 2. The first-order valence-corrected chi connectivity index (χ1v) is 29.7. The average molecular weight is 1170 g/mol. The predicted molar refractivity (Wildman–Crippen MR) is 297 cm³/mol. The number of carbonyl (C=O) groups excluding carboxylic acids is 2. The van der Waals surface area contributed by atoms with Gasteiger partial charge in [-0.05, 0) is 129 Å². The lowest BCUT2D eigenvalue weighted by atomic mass is 9.70. The van der Waals surface area contributed by atoms with Crippen LogP contribution in [0.15, 0.2) is 64.5 Å². The van der Waals surface area contributed by atoms with E-state index in [1.54, 1.807) is 34.1 Å². The van der Waals surface area contributed by atoms with Crippen LogP contribution >= 0.6 is 69.4 Å². The fourth-order valence-corrected chi connectivity index (χ4v) is 15.2. The molecule has 2 amide bonds. The number of alkyl halides is 6. The molecule has 1 N–H and O–H groups in total. The number of aromatic nitrogens is 4. The largest absolute Gasteiger partial charge is 0.443 e. The number of carbonyl (C=O) groups is 2. The van der Waals surface area contributed by atoms with Gasteiger partial charge in [0.15, 0.2) is 0 Å². The summed E-state index contributed by atoms with van der Waals surface area (Å²) >= 11 is 16.2. The van der Waals surface area contributed by atoms with Crippen LogP contribution in [0.4, 0.5) is 31.1 Å². The van der Waals surface area contributed by atoms with Crippen LogP contribution in [0, 0.1) is 16.7 Å². The highest BCUT2D eigenvalue weighted by Crippen LogP contribution is 2.51. The van der Waals surface area contributed by atoms with E-state index in [1.165, 1.54) is 27.2 Å². The van der Waals surface area contributed by atoms with Crippen molar-refractivity contribution in [3.8, 4) is 0 Å². The molecular formula is C54H64Cl2F6N6O4S4. The lowest BCUT2D eigenvalue weighted by Crippen LogP contribution is -2.42. The van der Waals surface area contributed by atoms with E-state index < -0.39 is 44.5 Å². The van der Waals surface area contributed by atoms with E-state index in [0.717, 1.165) is 21.2 Å². The van der Waals surface area contributed by atoms with Gasteiger partial charge in [0.1, 0.15) is 20.8 Å². The third-order valence-corrected chi connectivity index (χ3v) is 19.8. The highest BCUT2D eigenvalue weighted by molar-refractivity contribution is 8.01. The van der Waals surface area contributed by atoms with Gasteiger partial charge in [-0.15, -0.1) is 22.7 Å². The summed E-state index contributed by atoms with van der Waals surface area (Å²) in [5.41, 5.74) is -5.89. The monoisotopic (exact) mass is 1170 g/mol. The summed E-state index contributed by atoms with van der Waals surface area (Å²) in [6.07, 6.45) is 11.1. The third-order valence-electron chi connectivity index (χ3n) is 15.0. The van der Waals surface area contributed by atoms with Crippen molar-refractivity contribution in [2.75, 3.05) is 26.2 Å². The number of rotatable bonds is 14. The first kappa shape index (κ1) is 58.5. The number of H-pyrrole nitrogens is 1. The maximum absolute atomic E-state index is 14.2. The van der Waals surface area contributed by atoms with Gasteiger partial charge in [-0.2, -0.15) is 26.3 Å². The number of imidazole rings is 1. The standard InChI is InChI=1S/C54H64Cl2F6N6O4S4/c1-30-37(26-34(27-40(30)76-54(60,61)62)43-45(56)74-46(65-43)31-14-20-66(21-15-31)41(69)29-68-39-13-10-9-12-38(39)63-48(68)70)51(5,6)18-11-19-52(7,8)72-49(71)67-22-16-32(17-23-67)47-64-42(44(55)73-47)33-24-35(50(2,3)4)28-36(25-33)75-53(57,58)59/h9-10,12-13,24-27,30-32,36,40H,11,14-23,28-29H2,1-8H3,(H,63,70). The number of halogens is 8. The molecule has 0 saturated carbocycles. The molecule has 10 nitrogen and oxygen atoms in total. The Balaban J connectivity index is 0.865. The molecule has 0 spiro atoms. The molecule has 4 aromatic rings. The highest BCUT2D eigenvalue weighted by atomic mass is 35.5. The molecule has 1 aromatic carbocycles. The average Bonchev–Trinajstić information content (AvgIpc) is 4.01. The second-order valence-corrected chi connectivity index (χ2v) is 28.4. The number of ether oxygens (including phenoxy) is 1. The summed E-state index contributed by atoms with van der Waals surface area (Å²) < 4.78 is 91.3. The minimum atomic E-state index is -4.49. The number of amides is 2. The van der Waals surface area contributed by atoms with E-state index in [2.05, 4.69) is 4.98 Å². The van der Waals surface area contributed by atoms with Gasteiger partial charge in [0.2, 0.25) is 5.91 Å². The fraction of sp³-hybridized carbons (Fsp3) is 0.574. The Bertz CT molecular complexity index is 2980. The Morgan fingerprint density at radius 2 is 1.33 bits per heavy atom. The Morgan fingerprint density at radius 1 is 0.776 bits per heavy atom. The number of thiazole rings is 2. The predicted octanol–water partition coefficient (Wildman–Crippen LogP) is 15.9. The van der Waals surface area contributed by atoms with Crippen LogP contribution in [0.2, 0.25) is 8.67 Å². The van der Waals surface area contributed by atoms with Crippen molar-refractivity contribution < 1.29 is 40.7 Å². The van der Waals surface area contributed by atoms with E-state index in [9.17, 15) is 40.7 Å². The van der Waals surface area contributed by atoms with Gasteiger partial charge in [0.05, 0.1) is 32.4 Å². The molecule has 3 unspecified atom stereocenters. The molecule has 76 heavy (non-hydrogen) atoms. The summed E-state index contributed by atoms with van der Waals surface area (Å²) in [6, 6.07) is 7.21. The molecule has 4 aliphatic rings. The summed E-state index contributed by atoms with van der Waals surface area (Å²) in [7, 11) is 0. The normalized spacial score (nSPS) is 20.9. The molecule has 0 bridgehead atoms. The Hall–Kier alpha value is -3.69. The zero-order valence-electron chi connectivity index (χ0n) is 43.7. The van der Waals surface area contributed by atoms with Gasteiger partial charge >= 0.3 is 22.8 Å². The van der Waals surface area contributed by atoms with Gasteiger partial charge in [-0.1, -0.05) is 112 Å². The minimum Gasteiger partial charge on any atom is -0.443 e. The van der Waals surface area contributed by atoms with Crippen LogP contribution in [0.5, 0.6) is 0 Å². The van der Waals surface area contributed by atoms with Crippen molar-refractivity contribution in [3.63, 3.8) is 0 Å². The van der Waals surface area contributed by atoms with Crippen molar-refractivity contribution in [1.82, 2.24) is 29.3 Å². The van der Waals surface area contributed by atoms with Gasteiger partial charge < -0.3 is 19.5 Å². The van der Waals surface area contributed by atoms with Crippen LogP contribution < -0.4 is 5.69 Å². The second kappa shape index (κ2) is 22.8. The Labute approximate surface area is 466 Å². The molecule has 3 atom stereocenters. The zero-order chi connectivity index (χ0) is 55.3. The molecule has 22 heteroatoms. The highest BCUT2D eigenvalue weighted by Gasteiger charge is 2.42. The Kier molecular flexibility index (Phi) is 17.5. The molecule has 2 aliphatic heterocycles. The molecule has 2 fully saturated rings. The minimum absolute atomic E-state index is 0.000847. The van der Waals surface area contributed by atoms with Crippen LogP contribution in [-0.4, -0.2) is 94.6 Å². The van der Waals surface area contributed by atoms with Crippen molar-refractivity contribution in [1.29, 1.82) is 0 Å². The number of piperidine rings is 2. The molecule has 0 radical (unpaired) electrons. The lowest BCUT2D eigenvalue weighted by Gasteiger charge is -2.39. The number of hydrogen-bond donors (Lipinski definition) is 1. The van der Waals surface area contributed by atoms with Crippen molar-refractivity contribution >= 4 is 104 Å². The number of hydrogen-bond acceptors (Lipinski definition) is 10. The number of nitrogens with zero attached hydrogens (tertiary/aromatic N) is 5. The molecule has 2 saturated heterocycles. The molecule has 2 aliphatic carbocycles. The van der Waals surface area contributed by atoms with E-state index in [0.29, 0.717) is 113 Å². The molecule has 8 rings (SSSR count). The van der Waals surface area contributed by atoms with Crippen LogP contribution in [-0.2, 0) is 16.1 Å². The number of aromatic amines is 1. The number of allylic oxidation sites excluding steroid dienone is 6. The van der Waals surface area contributed by atoms with E-state index in [-0.39, 0.29) is 65.3 Å². The second-order valence-electron chi connectivity index (χ2n) is 22.6. The van der Waals surface area contributed by atoms with Gasteiger partial charge in [0.25, 0.3) is 0 Å². The molecule has 5 heterocycles. The van der Waals surface area contributed by atoms with Crippen LogP contribution in [0.3, 0.4) is 0 Å². The first-order chi connectivity index (χ1) is 35.4. The number of benzene rings is 1. The van der Waals surface area contributed by atoms with Crippen LogP contribution in [0.1, 0.15) is 140 Å². The van der Waals surface area contributed by atoms with E-state index in [1.807, 2.05) is 79.7 Å². The smallest absolute Gasteiger partial charge is 0.442 e. The van der Waals surface area contributed by atoms with Gasteiger partial charge in [0, 0.05) is 48.5 Å². The van der Waals surface area contributed by atoms with Gasteiger partial charge in [-0.3, -0.25) is 9.36 Å². The van der Waals surface area contributed by atoms with Crippen molar-refractivity contribution in [3.05, 3.63) is 100 Å². The number of nitrogens with one attached hydrogen (secondary N) is 1. The number of para-hydroxylation sites is 2. The van der Waals surface area contributed by atoms with Crippen molar-refractivity contribution in [2.24, 2.45) is 16.7 Å². The zero-order valence-corrected chi connectivity index (χ0v) is 48.5. The van der Waals surface area contributed by atoms with Gasteiger partial charge in [-0.25, -0.2) is 19.6 Å². The topological polar surface area (TPSA) is 113 Å². The summed E-state index contributed by atoms with van der Waals surface area (Å²) in [5.74, 6) is -0.648. The Morgan fingerprint density at radius 3 is 1.89 bits per heavy atom. The summed E-state index contributed by atoms with van der Waals surface area (Å²) in [5, 5.41) is -0.185. The summed E-state index contributed by atoms with van der Waals surface area (Å²) in [4.78, 5) is 55.7. The molecular weight excluding hydrogens is 1110 g/mol.